The second-order valence-corrected chi connectivity index (χ2v) is 5.47. The predicted molar refractivity (Wildman–Crippen MR) is 83.5 cm³/mol. The van der Waals surface area contributed by atoms with E-state index < -0.39 is 10.9 Å². The summed E-state index contributed by atoms with van der Waals surface area (Å²) in [6.45, 7) is 0.540. The average Bonchev–Trinajstić information content (AvgIpc) is 3.38. The maximum Gasteiger partial charge on any atom is 0.354 e. The summed E-state index contributed by atoms with van der Waals surface area (Å²) in [6.07, 6.45) is 2.07. The fourth-order valence-electron chi connectivity index (χ4n) is 2.41. The molecule has 1 saturated carbocycles. The number of nitrogens with zero attached hydrogens (tertiary/aromatic N) is 3. The van der Waals surface area contributed by atoms with Crippen LogP contribution in [0.15, 0.2) is 42.5 Å². The van der Waals surface area contributed by atoms with Gasteiger partial charge < -0.3 is 10.0 Å². The molecule has 7 heteroatoms. The molecule has 0 amide bonds. The Kier molecular flexibility index (Phi) is 3.92. The zero-order chi connectivity index (χ0) is 16.4. The molecule has 118 valence electrons. The number of carbonyl (C=O) groups is 1. The Bertz CT molecular complexity index is 741. The highest BCUT2D eigenvalue weighted by molar-refractivity contribution is 5.85. The standard InChI is InChI=1S/C16H15N3O4/c20-16(21)14-2-1-3-15(17-14)18(12-8-9-12)10-11-4-6-13(7-5-11)19(22)23/h1-7,12H,8-10H2,(H,20,21). The van der Waals surface area contributed by atoms with E-state index in [1.165, 1.54) is 18.2 Å². The number of carboxylic acids is 1. The van der Waals surface area contributed by atoms with Crippen molar-refractivity contribution in [2.24, 2.45) is 0 Å². The quantitative estimate of drug-likeness (QED) is 0.650. The number of nitro groups is 1. The van der Waals surface area contributed by atoms with E-state index in [4.69, 9.17) is 5.11 Å². The molecular weight excluding hydrogens is 298 g/mol. The number of benzene rings is 1. The molecule has 0 atom stereocenters. The zero-order valence-electron chi connectivity index (χ0n) is 12.3. The van der Waals surface area contributed by atoms with Crippen LogP contribution in [-0.4, -0.2) is 27.0 Å². The molecule has 1 N–H and O–H groups in total. The molecule has 1 aliphatic carbocycles. The fourth-order valence-corrected chi connectivity index (χ4v) is 2.41. The molecule has 1 fully saturated rings. The summed E-state index contributed by atoms with van der Waals surface area (Å²) in [5.74, 6) is -0.441. The van der Waals surface area contributed by atoms with E-state index in [0.29, 0.717) is 18.4 Å². The van der Waals surface area contributed by atoms with Gasteiger partial charge in [-0.1, -0.05) is 18.2 Å². The molecule has 1 aromatic heterocycles. The zero-order valence-corrected chi connectivity index (χ0v) is 12.3. The van der Waals surface area contributed by atoms with Crippen LogP contribution in [0, 0.1) is 10.1 Å². The van der Waals surface area contributed by atoms with Crippen LogP contribution < -0.4 is 4.90 Å². The van der Waals surface area contributed by atoms with Crippen LogP contribution in [0.2, 0.25) is 0 Å². The van der Waals surface area contributed by atoms with Gasteiger partial charge >= 0.3 is 5.97 Å². The Morgan fingerprint density at radius 3 is 2.52 bits per heavy atom. The molecule has 0 aliphatic heterocycles. The van der Waals surface area contributed by atoms with E-state index in [2.05, 4.69) is 4.98 Å². The number of anilines is 1. The van der Waals surface area contributed by atoms with Gasteiger partial charge in [0.15, 0.2) is 5.69 Å². The van der Waals surface area contributed by atoms with E-state index in [1.54, 1.807) is 24.3 Å². The monoisotopic (exact) mass is 313 g/mol. The van der Waals surface area contributed by atoms with Crippen LogP contribution in [0.25, 0.3) is 0 Å². The van der Waals surface area contributed by atoms with Gasteiger partial charge in [-0.15, -0.1) is 0 Å². The summed E-state index contributed by atoms with van der Waals surface area (Å²) in [5, 5.41) is 19.8. The van der Waals surface area contributed by atoms with Crippen LogP contribution in [-0.2, 0) is 6.54 Å². The number of rotatable bonds is 6. The van der Waals surface area contributed by atoms with Crippen molar-refractivity contribution in [3.63, 3.8) is 0 Å². The lowest BCUT2D eigenvalue weighted by Gasteiger charge is -2.23. The highest BCUT2D eigenvalue weighted by Gasteiger charge is 2.30. The van der Waals surface area contributed by atoms with Crippen LogP contribution in [0.1, 0.15) is 28.9 Å². The normalized spacial score (nSPS) is 13.6. The van der Waals surface area contributed by atoms with Crippen molar-refractivity contribution < 1.29 is 14.8 Å². The third-order valence-electron chi connectivity index (χ3n) is 3.74. The second-order valence-electron chi connectivity index (χ2n) is 5.47. The highest BCUT2D eigenvalue weighted by Crippen LogP contribution is 2.32. The molecule has 0 radical (unpaired) electrons. The summed E-state index contributed by atoms with van der Waals surface area (Å²) >= 11 is 0. The largest absolute Gasteiger partial charge is 0.477 e. The summed E-state index contributed by atoms with van der Waals surface area (Å²) in [4.78, 5) is 27.6. The van der Waals surface area contributed by atoms with Gasteiger partial charge in [0.25, 0.3) is 5.69 Å². The molecule has 0 saturated heterocycles. The lowest BCUT2D eigenvalue weighted by Crippen LogP contribution is -2.26. The van der Waals surface area contributed by atoms with Crippen molar-refractivity contribution in [1.29, 1.82) is 0 Å². The summed E-state index contributed by atoms with van der Waals surface area (Å²) in [5.41, 5.74) is 0.986. The molecule has 0 bridgehead atoms. The first-order chi connectivity index (χ1) is 11.0. The second kappa shape index (κ2) is 6.04. The smallest absolute Gasteiger partial charge is 0.354 e. The number of hydrogen-bond donors (Lipinski definition) is 1. The molecule has 1 aromatic carbocycles. The summed E-state index contributed by atoms with van der Waals surface area (Å²) in [6, 6.07) is 11.6. The number of nitro benzene ring substituents is 1. The number of pyridine rings is 1. The summed E-state index contributed by atoms with van der Waals surface area (Å²) < 4.78 is 0. The van der Waals surface area contributed by atoms with Crippen LogP contribution >= 0.6 is 0 Å². The van der Waals surface area contributed by atoms with Gasteiger partial charge in [0.1, 0.15) is 5.82 Å². The molecular formula is C16H15N3O4. The minimum absolute atomic E-state index is 0.0110. The average molecular weight is 313 g/mol. The molecule has 0 unspecified atom stereocenters. The van der Waals surface area contributed by atoms with Crippen molar-refractivity contribution in [2.45, 2.75) is 25.4 Å². The maximum absolute atomic E-state index is 11.1. The summed E-state index contributed by atoms with van der Waals surface area (Å²) in [7, 11) is 0. The Morgan fingerprint density at radius 2 is 1.96 bits per heavy atom. The fraction of sp³-hybridized carbons (Fsp3) is 0.250. The van der Waals surface area contributed by atoms with Gasteiger partial charge in [-0.05, 0) is 30.5 Å². The molecule has 0 spiro atoms. The first-order valence-electron chi connectivity index (χ1n) is 7.25. The van der Waals surface area contributed by atoms with Gasteiger partial charge in [0.2, 0.25) is 0 Å². The van der Waals surface area contributed by atoms with Gasteiger partial charge in [-0.3, -0.25) is 10.1 Å². The lowest BCUT2D eigenvalue weighted by atomic mass is 10.2. The third-order valence-corrected chi connectivity index (χ3v) is 3.74. The Labute approximate surface area is 132 Å². The number of non-ortho nitro benzene ring substituents is 1. The Morgan fingerprint density at radius 1 is 1.26 bits per heavy atom. The minimum Gasteiger partial charge on any atom is -0.477 e. The topological polar surface area (TPSA) is 96.6 Å². The van der Waals surface area contributed by atoms with Crippen molar-refractivity contribution >= 4 is 17.5 Å². The number of carboxylic acid groups (broad SMARTS) is 1. The van der Waals surface area contributed by atoms with E-state index in [0.717, 1.165) is 18.4 Å². The minimum atomic E-state index is -1.06. The van der Waals surface area contributed by atoms with E-state index in [1.807, 2.05) is 4.90 Å². The Balaban J connectivity index is 1.83. The van der Waals surface area contributed by atoms with Gasteiger partial charge in [0.05, 0.1) is 4.92 Å². The van der Waals surface area contributed by atoms with E-state index >= 15 is 0 Å². The number of aromatic nitrogens is 1. The number of hydrogen-bond acceptors (Lipinski definition) is 5. The first-order valence-corrected chi connectivity index (χ1v) is 7.25. The van der Waals surface area contributed by atoms with Gasteiger partial charge in [-0.2, -0.15) is 0 Å². The molecule has 2 aromatic rings. The molecule has 1 heterocycles. The molecule has 3 rings (SSSR count). The highest BCUT2D eigenvalue weighted by atomic mass is 16.6. The molecule has 7 nitrogen and oxygen atoms in total. The SMILES string of the molecule is O=C(O)c1cccc(N(Cc2ccc([N+](=O)[O-])cc2)C2CC2)n1. The van der Waals surface area contributed by atoms with Crippen molar-refractivity contribution in [2.75, 3.05) is 4.90 Å². The first kappa shape index (κ1) is 15.0. The van der Waals surface area contributed by atoms with Crippen molar-refractivity contribution in [3.8, 4) is 0 Å². The van der Waals surface area contributed by atoms with Crippen LogP contribution in [0.5, 0.6) is 0 Å². The van der Waals surface area contributed by atoms with Crippen LogP contribution in [0.3, 0.4) is 0 Å². The Hall–Kier alpha value is -2.96. The van der Waals surface area contributed by atoms with E-state index in [-0.39, 0.29) is 11.4 Å². The van der Waals surface area contributed by atoms with E-state index in [9.17, 15) is 14.9 Å². The van der Waals surface area contributed by atoms with Gasteiger partial charge in [-0.25, -0.2) is 9.78 Å². The maximum atomic E-state index is 11.1. The lowest BCUT2D eigenvalue weighted by molar-refractivity contribution is -0.384. The molecule has 23 heavy (non-hydrogen) atoms. The third kappa shape index (κ3) is 3.45. The molecule has 1 aliphatic rings. The van der Waals surface area contributed by atoms with Crippen molar-refractivity contribution in [3.05, 3.63) is 63.8 Å². The van der Waals surface area contributed by atoms with Gasteiger partial charge in [0, 0.05) is 24.7 Å². The number of aromatic carboxylic acids is 1. The van der Waals surface area contributed by atoms with Crippen LogP contribution in [0.4, 0.5) is 11.5 Å². The predicted octanol–water partition coefficient (Wildman–Crippen LogP) is 2.86. The van der Waals surface area contributed by atoms with Crippen molar-refractivity contribution in [1.82, 2.24) is 4.98 Å².